The lowest BCUT2D eigenvalue weighted by atomic mass is 10.00. The Balaban J connectivity index is 2.00. The predicted octanol–water partition coefficient (Wildman–Crippen LogP) is 1.79. The second-order valence-electron chi connectivity index (χ2n) is 3.59. The minimum absolute atomic E-state index is 0.612. The average Bonchev–Trinajstić information content (AvgIpc) is 2.68. The zero-order valence-electron chi connectivity index (χ0n) is 8.24. The standard InChI is InChI=1S/C10H16N2OS/c11-4-1-10-12-9(7-13-10)8-2-5-14-6-3-8/h7-8H,1-6,11H2. The van der Waals surface area contributed by atoms with E-state index in [9.17, 15) is 0 Å². The molecule has 14 heavy (non-hydrogen) atoms. The molecule has 0 atom stereocenters. The molecule has 4 heteroatoms. The normalized spacial score (nSPS) is 18.6. The van der Waals surface area contributed by atoms with Crippen molar-refractivity contribution in [3.63, 3.8) is 0 Å². The molecule has 1 aromatic rings. The van der Waals surface area contributed by atoms with Crippen LogP contribution in [0.15, 0.2) is 10.7 Å². The van der Waals surface area contributed by atoms with Crippen LogP contribution in [0.25, 0.3) is 0 Å². The van der Waals surface area contributed by atoms with Crippen molar-refractivity contribution in [2.75, 3.05) is 18.1 Å². The molecule has 0 amide bonds. The topological polar surface area (TPSA) is 52.0 Å². The summed E-state index contributed by atoms with van der Waals surface area (Å²) in [4.78, 5) is 4.47. The first kappa shape index (κ1) is 10.1. The highest BCUT2D eigenvalue weighted by molar-refractivity contribution is 7.99. The summed E-state index contributed by atoms with van der Waals surface area (Å²) in [6, 6.07) is 0. The van der Waals surface area contributed by atoms with E-state index in [0.717, 1.165) is 18.0 Å². The zero-order chi connectivity index (χ0) is 9.80. The van der Waals surface area contributed by atoms with Gasteiger partial charge in [-0.15, -0.1) is 0 Å². The molecule has 1 aliphatic rings. The van der Waals surface area contributed by atoms with Crippen LogP contribution in [0.3, 0.4) is 0 Å². The molecule has 1 saturated heterocycles. The van der Waals surface area contributed by atoms with Crippen LogP contribution in [0.1, 0.15) is 30.3 Å². The fourth-order valence-corrected chi connectivity index (χ4v) is 2.85. The maximum absolute atomic E-state index is 5.44. The maximum atomic E-state index is 5.44. The molecule has 0 saturated carbocycles. The maximum Gasteiger partial charge on any atom is 0.195 e. The highest BCUT2D eigenvalue weighted by atomic mass is 32.2. The van der Waals surface area contributed by atoms with Gasteiger partial charge in [-0.2, -0.15) is 11.8 Å². The van der Waals surface area contributed by atoms with Crippen molar-refractivity contribution in [1.29, 1.82) is 0 Å². The summed E-state index contributed by atoms with van der Waals surface area (Å²) in [6.07, 6.45) is 5.03. The molecule has 3 nitrogen and oxygen atoms in total. The smallest absolute Gasteiger partial charge is 0.195 e. The lowest BCUT2D eigenvalue weighted by molar-refractivity contribution is 0.494. The van der Waals surface area contributed by atoms with Crippen LogP contribution in [0.5, 0.6) is 0 Å². The molecule has 2 heterocycles. The second kappa shape index (κ2) is 4.84. The molecule has 2 rings (SSSR count). The molecule has 0 aliphatic carbocycles. The minimum atomic E-state index is 0.612. The highest BCUT2D eigenvalue weighted by Gasteiger charge is 2.18. The molecule has 0 radical (unpaired) electrons. The summed E-state index contributed by atoms with van der Waals surface area (Å²) < 4.78 is 5.36. The van der Waals surface area contributed by atoms with Gasteiger partial charge in [-0.3, -0.25) is 0 Å². The van der Waals surface area contributed by atoms with Crippen LogP contribution in [0.2, 0.25) is 0 Å². The molecule has 1 aliphatic heterocycles. The molecule has 0 bridgehead atoms. The van der Waals surface area contributed by atoms with Crippen molar-refractivity contribution in [3.05, 3.63) is 17.8 Å². The van der Waals surface area contributed by atoms with Gasteiger partial charge >= 0.3 is 0 Å². The van der Waals surface area contributed by atoms with Crippen LogP contribution in [0.4, 0.5) is 0 Å². The summed E-state index contributed by atoms with van der Waals surface area (Å²) in [5.74, 6) is 3.92. The lowest BCUT2D eigenvalue weighted by Crippen LogP contribution is -2.08. The van der Waals surface area contributed by atoms with E-state index in [-0.39, 0.29) is 0 Å². The van der Waals surface area contributed by atoms with E-state index in [0.29, 0.717) is 12.5 Å². The molecule has 1 aromatic heterocycles. The third-order valence-electron chi connectivity index (χ3n) is 2.57. The van der Waals surface area contributed by atoms with Crippen molar-refractivity contribution in [3.8, 4) is 0 Å². The quantitative estimate of drug-likeness (QED) is 0.830. The highest BCUT2D eigenvalue weighted by Crippen LogP contribution is 2.30. The third kappa shape index (κ3) is 2.30. The average molecular weight is 212 g/mol. The fraction of sp³-hybridized carbons (Fsp3) is 0.700. The second-order valence-corrected chi connectivity index (χ2v) is 4.82. The first-order chi connectivity index (χ1) is 6.90. The van der Waals surface area contributed by atoms with Crippen LogP contribution in [0, 0.1) is 0 Å². The number of hydrogen-bond acceptors (Lipinski definition) is 4. The number of rotatable bonds is 3. The van der Waals surface area contributed by atoms with Gasteiger partial charge in [0.2, 0.25) is 0 Å². The monoisotopic (exact) mass is 212 g/mol. The van der Waals surface area contributed by atoms with E-state index in [1.807, 2.05) is 18.0 Å². The van der Waals surface area contributed by atoms with E-state index < -0.39 is 0 Å². The molecule has 0 spiro atoms. The van der Waals surface area contributed by atoms with Crippen molar-refractivity contribution >= 4 is 11.8 Å². The Kier molecular flexibility index (Phi) is 3.48. The number of oxazole rings is 1. The van der Waals surface area contributed by atoms with Gasteiger partial charge in [-0.05, 0) is 24.3 Å². The Morgan fingerprint density at radius 2 is 2.29 bits per heavy atom. The molecule has 0 unspecified atom stereocenters. The number of thioether (sulfide) groups is 1. The van der Waals surface area contributed by atoms with Crippen LogP contribution < -0.4 is 5.73 Å². The van der Waals surface area contributed by atoms with E-state index in [2.05, 4.69) is 4.98 Å². The van der Waals surface area contributed by atoms with E-state index in [4.69, 9.17) is 10.2 Å². The Morgan fingerprint density at radius 1 is 1.50 bits per heavy atom. The van der Waals surface area contributed by atoms with E-state index >= 15 is 0 Å². The van der Waals surface area contributed by atoms with Gasteiger partial charge in [0.15, 0.2) is 5.89 Å². The first-order valence-electron chi connectivity index (χ1n) is 5.12. The first-order valence-corrected chi connectivity index (χ1v) is 6.27. The molecular weight excluding hydrogens is 196 g/mol. The van der Waals surface area contributed by atoms with Gasteiger partial charge in [0.05, 0.1) is 5.69 Å². The third-order valence-corrected chi connectivity index (χ3v) is 3.62. The number of nitrogens with zero attached hydrogens (tertiary/aromatic N) is 1. The van der Waals surface area contributed by atoms with Crippen LogP contribution in [-0.4, -0.2) is 23.0 Å². The van der Waals surface area contributed by atoms with Crippen molar-refractivity contribution in [2.24, 2.45) is 5.73 Å². The van der Waals surface area contributed by atoms with Gasteiger partial charge in [-0.1, -0.05) is 0 Å². The van der Waals surface area contributed by atoms with Crippen molar-refractivity contribution in [1.82, 2.24) is 4.98 Å². The van der Waals surface area contributed by atoms with Gasteiger partial charge in [0.25, 0.3) is 0 Å². The Hall–Kier alpha value is -0.480. The van der Waals surface area contributed by atoms with Gasteiger partial charge < -0.3 is 10.2 Å². The summed E-state index contributed by atoms with van der Waals surface area (Å²) in [7, 11) is 0. The predicted molar refractivity (Wildman–Crippen MR) is 58.6 cm³/mol. The fourth-order valence-electron chi connectivity index (χ4n) is 1.74. The van der Waals surface area contributed by atoms with E-state index in [1.54, 1.807) is 0 Å². The summed E-state index contributed by atoms with van der Waals surface area (Å²) in [6.45, 7) is 0.612. The number of hydrogen-bond donors (Lipinski definition) is 1. The Labute approximate surface area is 88.5 Å². The molecule has 1 fully saturated rings. The number of nitrogens with two attached hydrogens (primary N) is 1. The van der Waals surface area contributed by atoms with Crippen molar-refractivity contribution in [2.45, 2.75) is 25.2 Å². The molecule has 78 valence electrons. The van der Waals surface area contributed by atoms with Gasteiger partial charge in [-0.25, -0.2) is 4.98 Å². The summed E-state index contributed by atoms with van der Waals surface area (Å²) >= 11 is 2.03. The Morgan fingerprint density at radius 3 is 3.00 bits per heavy atom. The van der Waals surface area contributed by atoms with Crippen LogP contribution >= 0.6 is 11.8 Å². The molecular formula is C10H16N2OS. The minimum Gasteiger partial charge on any atom is -0.449 e. The van der Waals surface area contributed by atoms with Crippen molar-refractivity contribution < 1.29 is 4.42 Å². The summed E-state index contributed by atoms with van der Waals surface area (Å²) in [5, 5.41) is 0. The van der Waals surface area contributed by atoms with Gasteiger partial charge in [0, 0.05) is 18.9 Å². The van der Waals surface area contributed by atoms with Gasteiger partial charge in [0.1, 0.15) is 6.26 Å². The molecule has 2 N–H and O–H groups in total. The Bertz CT molecular complexity index is 281. The SMILES string of the molecule is NCCc1nc(C2CCSCC2)co1. The van der Waals surface area contributed by atoms with Crippen LogP contribution in [-0.2, 0) is 6.42 Å². The summed E-state index contributed by atoms with van der Waals surface area (Å²) in [5.41, 5.74) is 6.58. The molecule has 0 aromatic carbocycles. The lowest BCUT2D eigenvalue weighted by Gasteiger charge is -2.18. The van der Waals surface area contributed by atoms with E-state index in [1.165, 1.54) is 24.3 Å². The largest absolute Gasteiger partial charge is 0.449 e. The zero-order valence-corrected chi connectivity index (χ0v) is 9.05. The number of aromatic nitrogens is 1.